The Bertz CT molecular complexity index is 3350. The van der Waals surface area contributed by atoms with Crippen molar-refractivity contribution in [2.45, 2.75) is 5.41 Å². The van der Waals surface area contributed by atoms with E-state index in [0.717, 1.165) is 66.5 Å². The van der Waals surface area contributed by atoms with Crippen LogP contribution >= 0.6 is 0 Å². The molecule has 11 aromatic rings. The first-order chi connectivity index (χ1) is 30.3. The summed E-state index contributed by atoms with van der Waals surface area (Å²) in [6.07, 6.45) is 3.87. The van der Waals surface area contributed by atoms with E-state index in [4.69, 9.17) is 9.40 Å². The minimum absolute atomic E-state index is 0.591. The van der Waals surface area contributed by atoms with Gasteiger partial charge in [0.25, 0.3) is 0 Å². The van der Waals surface area contributed by atoms with Gasteiger partial charge in [0.05, 0.1) is 34.6 Å². The molecule has 9 aromatic carbocycles. The summed E-state index contributed by atoms with van der Waals surface area (Å²) in [7, 11) is 0. The number of pyridine rings is 1. The molecule has 3 heteroatoms. The molecule has 2 heterocycles. The van der Waals surface area contributed by atoms with Crippen molar-refractivity contribution < 1.29 is 4.42 Å². The lowest BCUT2D eigenvalue weighted by molar-refractivity contribution is 0.670. The molecule has 12 rings (SSSR count). The van der Waals surface area contributed by atoms with E-state index in [1.807, 2.05) is 12.4 Å². The van der Waals surface area contributed by atoms with Gasteiger partial charge in [-0.1, -0.05) is 188 Å². The molecule has 0 saturated heterocycles. The number of furan rings is 1. The van der Waals surface area contributed by atoms with Gasteiger partial charge >= 0.3 is 0 Å². The molecule has 3 nitrogen and oxygen atoms in total. The number of hydrogen-bond acceptors (Lipinski definition) is 3. The Labute approximate surface area is 354 Å². The zero-order valence-electron chi connectivity index (χ0n) is 33.2. The minimum atomic E-state index is -0.591. The lowest BCUT2D eigenvalue weighted by atomic mass is 9.67. The van der Waals surface area contributed by atoms with Crippen molar-refractivity contribution in [2.75, 3.05) is 4.90 Å². The van der Waals surface area contributed by atoms with Crippen LogP contribution in [0.2, 0.25) is 0 Å². The molecule has 0 saturated carbocycles. The van der Waals surface area contributed by atoms with Crippen LogP contribution in [0.15, 0.2) is 235 Å². The Hall–Kier alpha value is -8.01. The number of benzene rings is 9. The molecule has 0 radical (unpaired) electrons. The lowest BCUT2D eigenvalue weighted by Crippen LogP contribution is -2.28. The van der Waals surface area contributed by atoms with Gasteiger partial charge < -0.3 is 9.32 Å². The molecular weight excluding hydrogens is 741 g/mol. The number of hydrogen-bond donors (Lipinski definition) is 0. The van der Waals surface area contributed by atoms with Gasteiger partial charge in [-0.05, 0) is 85.8 Å². The second-order valence-corrected chi connectivity index (χ2v) is 15.9. The monoisotopic (exact) mass is 778 g/mol. The Morgan fingerprint density at radius 1 is 0.410 bits per heavy atom. The van der Waals surface area contributed by atoms with Crippen LogP contribution in [0, 0.1) is 0 Å². The van der Waals surface area contributed by atoms with Crippen molar-refractivity contribution >= 4 is 49.8 Å². The van der Waals surface area contributed by atoms with Crippen molar-refractivity contribution in [1.29, 1.82) is 0 Å². The van der Waals surface area contributed by atoms with Crippen molar-refractivity contribution in [1.82, 2.24) is 4.98 Å². The van der Waals surface area contributed by atoms with Crippen molar-refractivity contribution in [3.63, 3.8) is 0 Å². The Morgan fingerprint density at radius 2 is 1.02 bits per heavy atom. The third-order valence-corrected chi connectivity index (χ3v) is 12.6. The fourth-order valence-corrected chi connectivity index (χ4v) is 9.96. The Kier molecular flexibility index (Phi) is 8.07. The number of anilines is 3. The van der Waals surface area contributed by atoms with Gasteiger partial charge in [0, 0.05) is 22.0 Å². The minimum Gasteiger partial charge on any atom is -0.454 e. The molecule has 0 fully saturated rings. The summed E-state index contributed by atoms with van der Waals surface area (Å²) in [4.78, 5) is 7.34. The number of rotatable bonds is 7. The molecule has 2 aromatic heterocycles. The number of aromatic nitrogens is 1. The quantitative estimate of drug-likeness (QED) is 0.161. The van der Waals surface area contributed by atoms with E-state index >= 15 is 0 Å². The van der Waals surface area contributed by atoms with Crippen LogP contribution in [0.3, 0.4) is 0 Å². The number of fused-ring (bicyclic) bond motifs is 8. The second kappa shape index (κ2) is 14.1. The maximum absolute atomic E-state index is 6.80. The fraction of sp³-hybridized carbons (Fsp3) is 0.0172. The molecule has 61 heavy (non-hydrogen) atoms. The molecule has 0 amide bonds. The van der Waals surface area contributed by atoms with Crippen LogP contribution in [-0.2, 0) is 5.41 Å². The highest BCUT2D eigenvalue weighted by molar-refractivity contribution is 6.19. The standard InChI is InChI=1S/C58H38N2O/c1-5-17-39(18-6-1)40-29-32-45(33-30-40)60(54-37-59-38-55-56(54)48-34-31-42-21-13-14-26-46(42)57(48)61-55)53-36-52-50(35-49(53)41-19-7-2-8-20-41)47-27-15-16-28-51(47)58(52,43-22-9-3-10-23-43)44-24-11-4-12-25-44/h1-38H. The van der Waals surface area contributed by atoms with Crippen molar-refractivity contribution in [2.24, 2.45) is 0 Å². The highest BCUT2D eigenvalue weighted by Gasteiger charge is 2.47. The summed E-state index contributed by atoms with van der Waals surface area (Å²) in [5, 5.41) is 4.29. The Morgan fingerprint density at radius 3 is 1.74 bits per heavy atom. The van der Waals surface area contributed by atoms with Gasteiger partial charge in [-0.3, -0.25) is 4.98 Å². The Balaban J connectivity index is 1.21. The predicted octanol–water partition coefficient (Wildman–Crippen LogP) is 15.3. The van der Waals surface area contributed by atoms with Gasteiger partial charge in [-0.2, -0.15) is 0 Å². The normalized spacial score (nSPS) is 12.7. The van der Waals surface area contributed by atoms with Crippen LogP contribution in [0.4, 0.5) is 17.1 Å². The first-order valence-electron chi connectivity index (χ1n) is 20.9. The SMILES string of the molecule is c1ccc(-c2ccc(N(c3cc4c(cc3-c3ccccc3)-c3ccccc3C4(c3ccccc3)c3ccccc3)c3cncc4oc5c6ccccc6ccc5c34)cc2)cc1. The second-order valence-electron chi connectivity index (χ2n) is 15.9. The van der Waals surface area contributed by atoms with E-state index < -0.39 is 5.41 Å². The van der Waals surface area contributed by atoms with Gasteiger partial charge in [-0.15, -0.1) is 0 Å². The molecule has 286 valence electrons. The zero-order valence-corrected chi connectivity index (χ0v) is 33.2. The van der Waals surface area contributed by atoms with Crippen LogP contribution in [0.25, 0.3) is 66.1 Å². The maximum atomic E-state index is 6.80. The zero-order chi connectivity index (χ0) is 40.3. The van der Waals surface area contributed by atoms with Gasteiger partial charge in [0.15, 0.2) is 5.58 Å². The summed E-state index contributed by atoms with van der Waals surface area (Å²) in [5.74, 6) is 0. The summed E-state index contributed by atoms with van der Waals surface area (Å²) in [5.41, 5.74) is 16.0. The van der Waals surface area contributed by atoms with Crippen molar-refractivity contribution in [3.8, 4) is 33.4 Å². The summed E-state index contributed by atoms with van der Waals surface area (Å²) >= 11 is 0. The predicted molar refractivity (Wildman–Crippen MR) is 252 cm³/mol. The van der Waals surface area contributed by atoms with E-state index in [-0.39, 0.29) is 0 Å². The largest absolute Gasteiger partial charge is 0.454 e. The first-order valence-corrected chi connectivity index (χ1v) is 20.9. The molecule has 0 unspecified atom stereocenters. The van der Waals surface area contributed by atoms with E-state index in [9.17, 15) is 0 Å². The van der Waals surface area contributed by atoms with Crippen LogP contribution < -0.4 is 4.90 Å². The molecule has 0 spiro atoms. The molecule has 0 atom stereocenters. The fourth-order valence-electron chi connectivity index (χ4n) is 9.96. The third-order valence-electron chi connectivity index (χ3n) is 12.6. The summed E-state index contributed by atoms with van der Waals surface area (Å²) in [6.45, 7) is 0. The smallest absolute Gasteiger partial charge is 0.155 e. The van der Waals surface area contributed by atoms with E-state index in [2.05, 4.69) is 223 Å². The van der Waals surface area contributed by atoms with E-state index in [1.54, 1.807) is 0 Å². The highest BCUT2D eigenvalue weighted by Crippen LogP contribution is 2.59. The molecule has 0 bridgehead atoms. The lowest BCUT2D eigenvalue weighted by Gasteiger charge is -2.35. The third kappa shape index (κ3) is 5.41. The maximum Gasteiger partial charge on any atom is 0.155 e. The van der Waals surface area contributed by atoms with Crippen LogP contribution in [0.5, 0.6) is 0 Å². The highest BCUT2D eigenvalue weighted by atomic mass is 16.3. The molecular formula is C58H38N2O. The van der Waals surface area contributed by atoms with E-state index in [1.165, 1.54) is 38.9 Å². The van der Waals surface area contributed by atoms with Gasteiger partial charge in [0.1, 0.15) is 5.58 Å². The van der Waals surface area contributed by atoms with Gasteiger partial charge in [0.2, 0.25) is 0 Å². The van der Waals surface area contributed by atoms with Gasteiger partial charge in [-0.25, -0.2) is 0 Å². The molecule has 0 N–H and O–H groups in total. The summed E-state index contributed by atoms with van der Waals surface area (Å²) in [6, 6.07) is 79.1. The van der Waals surface area contributed by atoms with E-state index in [0.29, 0.717) is 0 Å². The van der Waals surface area contributed by atoms with Crippen LogP contribution in [0.1, 0.15) is 22.3 Å². The molecule has 1 aliphatic rings. The average molecular weight is 779 g/mol. The topological polar surface area (TPSA) is 29.3 Å². The molecule has 0 aliphatic heterocycles. The first kappa shape index (κ1) is 35.0. The molecule has 1 aliphatic carbocycles. The number of nitrogens with zero attached hydrogens (tertiary/aromatic N) is 2. The van der Waals surface area contributed by atoms with Crippen molar-refractivity contribution in [3.05, 3.63) is 253 Å². The van der Waals surface area contributed by atoms with Crippen LogP contribution in [-0.4, -0.2) is 4.98 Å². The average Bonchev–Trinajstić information content (AvgIpc) is 3.87. The summed E-state index contributed by atoms with van der Waals surface area (Å²) < 4.78 is 6.80.